The van der Waals surface area contributed by atoms with Crippen molar-refractivity contribution in [1.82, 2.24) is 0 Å². The van der Waals surface area contributed by atoms with E-state index < -0.39 is 0 Å². The average molecular weight is 285 g/mol. The Hall–Kier alpha value is -0.840. The third-order valence-corrected chi connectivity index (χ3v) is 3.50. The zero-order chi connectivity index (χ0) is 13.0. The van der Waals surface area contributed by atoms with Gasteiger partial charge in [-0.3, -0.25) is 0 Å². The molecule has 0 aromatic heterocycles. The molecular weight excluding hydrogens is 268 g/mol. The highest BCUT2D eigenvalue weighted by molar-refractivity contribution is 7.80. The van der Waals surface area contributed by atoms with Crippen molar-refractivity contribution in [3.8, 4) is 0 Å². The molecule has 5 heteroatoms. The molecule has 0 spiro atoms. The predicted molar refractivity (Wildman–Crippen MR) is 79.4 cm³/mol. The van der Waals surface area contributed by atoms with E-state index in [-0.39, 0.29) is 6.10 Å². The molecule has 0 radical (unpaired) electrons. The Labute approximate surface area is 118 Å². The average Bonchev–Trinajstić information content (AvgIpc) is 2.38. The van der Waals surface area contributed by atoms with Crippen LogP contribution in [0.3, 0.4) is 0 Å². The van der Waals surface area contributed by atoms with Crippen molar-refractivity contribution >= 4 is 34.5 Å². The summed E-state index contributed by atoms with van der Waals surface area (Å²) < 4.78 is 5.67. The highest BCUT2D eigenvalue weighted by atomic mass is 35.5. The summed E-state index contributed by atoms with van der Waals surface area (Å²) >= 11 is 11.0. The lowest BCUT2D eigenvalue weighted by Gasteiger charge is -2.23. The summed E-state index contributed by atoms with van der Waals surface area (Å²) in [6.45, 7) is 1.63. The van der Waals surface area contributed by atoms with Gasteiger partial charge in [0.05, 0.1) is 6.10 Å². The van der Waals surface area contributed by atoms with Crippen LogP contribution in [0.1, 0.15) is 24.8 Å². The lowest BCUT2D eigenvalue weighted by molar-refractivity contribution is 0.0247. The Morgan fingerprint density at radius 3 is 3.00 bits per heavy atom. The molecule has 1 saturated heterocycles. The molecule has 1 fully saturated rings. The highest BCUT2D eigenvalue weighted by Gasteiger charge is 2.14. The van der Waals surface area contributed by atoms with Gasteiger partial charge in [-0.05, 0) is 37.5 Å². The summed E-state index contributed by atoms with van der Waals surface area (Å²) in [7, 11) is 0. The maximum atomic E-state index is 5.94. The van der Waals surface area contributed by atoms with Crippen molar-refractivity contribution in [3.05, 3.63) is 28.8 Å². The van der Waals surface area contributed by atoms with Gasteiger partial charge in [-0.15, -0.1) is 0 Å². The topological polar surface area (TPSA) is 47.3 Å². The van der Waals surface area contributed by atoms with Gasteiger partial charge in [0.2, 0.25) is 0 Å². The van der Waals surface area contributed by atoms with E-state index in [0.29, 0.717) is 10.0 Å². The number of anilines is 1. The second-order valence-corrected chi connectivity index (χ2v) is 5.30. The van der Waals surface area contributed by atoms with Gasteiger partial charge >= 0.3 is 0 Å². The van der Waals surface area contributed by atoms with Gasteiger partial charge in [0.15, 0.2) is 0 Å². The fourth-order valence-electron chi connectivity index (χ4n) is 2.07. The van der Waals surface area contributed by atoms with Crippen molar-refractivity contribution in [3.63, 3.8) is 0 Å². The number of ether oxygens (including phenoxy) is 1. The van der Waals surface area contributed by atoms with E-state index in [1.807, 2.05) is 12.1 Å². The normalized spacial score (nSPS) is 19.5. The summed E-state index contributed by atoms with van der Waals surface area (Å²) in [5.74, 6) is 0. The first-order valence-corrected chi connectivity index (χ1v) is 6.90. The van der Waals surface area contributed by atoms with Gasteiger partial charge in [0.1, 0.15) is 4.99 Å². The van der Waals surface area contributed by atoms with Crippen molar-refractivity contribution in [1.29, 1.82) is 0 Å². The van der Waals surface area contributed by atoms with Crippen LogP contribution < -0.4 is 11.1 Å². The van der Waals surface area contributed by atoms with Gasteiger partial charge < -0.3 is 15.8 Å². The quantitative estimate of drug-likeness (QED) is 0.835. The molecular formula is C13H17ClN2OS. The molecule has 1 aromatic rings. The Morgan fingerprint density at radius 2 is 2.33 bits per heavy atom. The second kappa shape index (κ2) is 6.36. The molecule has 1 heterocycles. The van der Waals surface area contributed by atoms with Gasteiger partial charge in [0, 0.05) is 29.4 Å². The number of hydrogen-bond acceptors (Lipinski definition) is 3. The summed E-state index contributed by atoms with van der Waals surface area (Å²) in [4.78, 5) is 0.351. The van der Waals surface area contributed by atoms with Crippen LogP contribution in [0, 0.1) is 0 Å². The minimum atomic E-state index is 0.272. The summed E-state index contributed by atoms with van der Waals surface area (Å²) in [6, 6.07) is 5.51. The molecule has 3 N–H and O–H groups in total. The molecule has 0 saturated carbocycles. The minimum Gasteiger partial charge on any atom is -0.389 e. The van der Waals surface area contributed by atoms with Crippen LogP contribution in [0.4, 0.5) is 5.69 Å². The second-order valence-electron chi connectivity index (χ2n) is 4.42. The highest BCUT2D eigenvalue weighted by Crippen LogP contribution is 2.21. The van der Waals surface area contributed by atoms with Gasteiger partial charge in [-0.2, -0.15) is 0 Å². The fourth-order valence-corrected chi connectivity index (χ4v) is 2.41. The SMILES string of the molecule is NC(=S)c1cc(Cl)ccc1NCC1CCCCO1. The number of rotatable bonds is 4. The van der Waals surface area contributed by atoms with E-state index in [0.717, 1.165) is 37.2 Å². The summed E-state index contributed by atoms with van der Waals surface area (Å²) in [6.07, 6.45) is 3.77. The molecule has 1 atom stereocenters. The third-order valence-electron chi connectivity index (χ3n) is 3.04. The lowest BCUT2D eigenvalue weighted by Crippen LogP contribution is -2.27. The van der Waals surface area contributed by atoms with Crippen molar-refractivity contribution in [2.24, 2.45) is 5.73 Å². The number of nitrogens with one attached hydrogen (secondary N) is 1. The van der Waals surface area contributed by atoms with Crippen molar-refractivity contribution < 1.29 is 4.74 Å². The Balaban J connectivity index is 2.01. The summed E-state index contributed by atoms with van der Waals surface area (Å²) in [5.41, 5.74) is 7.40. The molecule has 18 heavy (non-hydrogen) atoms. The Morgan fingerprint density at radius 1 is 1.50 bits per heavy atom. The zero-order valence-electron chi connectivity index (χ0n) is 10.1. The van der Waals surface area contributed by atoms with E-state index in [9.17, 15) is 0 Å². The van der Waals surface area contributed by atoms with Crippen LogP contribution in [0.2, 0.25) is 5.02 Å². The van der Waals surface area contributed by atoms with Crippen LogP contribution in [-0.4, -0.2) is 24.2 Å². The van der Waals surface area contributed by atoms with Crippen molar-refractivity contribution in [2.75, 3.05) is 18.5 Å². The van der Waals surface area contributed by atoms with Crippen LogP contribution in [-0.2, 0) is 4.74 Å². The molecule has 98 valence electrons. The first-order chi connectivity index (χ1) is 8.66. The number of hydrogen-bond donors (Lipinski definition) is 2. The van der Waals surface area contributed by atoms with E-state index in [4.69, 9.17) is 34.3 Å². The standard InChI is InChI=1S/C13H17ClN2OS/c14-9-4-5-12(11(7-9)13(15)18)16-8-10-3-1-2-6-17-10/h4-5,7,10,16H,1-3,6,8H2,(H2,15,18). The molecule has 3 nitrogen and oxygen atoms in total. The van der Waals surface area contributed by atoms with E-state index in [1.54, 1.807) is 6.07 Å². The van der Waals surface area contributed by atoms with E-state index in [1.165, 1.54) is 6.42 Å². The molecule has 1 aliphatic rings. The predicted octanol–water partition coefficient (Wildman–Crippen LogP) is 2.96. The summed E-state index contributed by atoms with van der Waals surface area (Å²) in [5, 5.41) is 3.98. The number of thiocarbonyl (C=S) groups is 1. The smallest absolute Gasteiger partial charge is 0.106 e. The van der Waals surface area contributed by atoms with Crippen LogP contribution >= 0.6 is 23.8 Å². The lowest BCUT2D eigenvalue weighted by atomic mass is 10.1. The number of benzene rings is 1. The van der Waals surface area contributed by atoms with Crippen LogP contribution in [0.5, 0.6) is 0 Å². The first kappa shape index (κ1) is 13.6. The van der Waals surface area contributed by atoms with E-state index in [2.05, 4.69) is 5.32 Å². The third kappa shape index (κ3) is 3.57. The number of nitrogens with two attached hydrogens (primary N) is 1. The molecule has 0 aliphatic carbocycles. The first-order valence-electron chi connectivity index (χ1n) is 6.11. The van der Waals surface area contributed by atoms with Crippen molar-refractivity contribution in [2.45, 2.75) is 25.4 Å². The largest absolute Gasteiger partial charge is 0.389 e. The molecule has 1 unspecified atom stereocenters. The Kier molecular flexibility index (Phi) is 4.80. The zero-order valence-corrected chi connectivity index (χ0v) is 11.7. The van der Waals surface area contributed by atoms with Crippen LogP contribution in [0.15, 0.2) is 18.2 Å². The van der Waals surface area contributed by atoms with Gasteiger partial charge in [0.25, 0.3) is 0 Å². The maximum Gasteiger partial charge on any atom is 0.106 e. The maximum absolute atomic E-state index is 5.94. The minimum absolute atomic E-state index is 0.272. The van der Waals surface area contributed by atoms with Gasteiger partial charge in [-0.25, -0.2) is 0 Å². The molecule has 0 amide bonds. The van der Waals surface area contributed by atoms with Crippen LogP contribution in [0.25, 0.3) is 0 Å². The van der Waals surface area contributed by atoms with Gasteiger partial charge in [-0.1, -0.05) is 23.8 Å². The number of halogens is 1. The Bertz CT molecular complexity index is 433. The fraction of sp³-hybridized carbons (Fsp3) is 0.462. The molecule has 1 aliphatic heterocycles. The monoisotopic (exact) mass is 284 g/mol. The van der Waals surface area contributed by atoms with E-state index >= 15 is 0 Å². The molecule has 1 aromatic carbocycles. The molecule has 0 bridgehead atoms. The molecule has 2 rings (SSSR count).